The number of benzene rings is 1. The van der Waals surface area contributed by atoms with Gasteiger partial charge in [-0.15, -0.1) is 0 Å². The Hall–Kier alpha value is -1.35. The Bertz CT molecular complexity index is 450. The molecule has 1 aromatic carbocycles. The smallest absolute Gasteiger partial charge is 0.220 e. The summed E-state index contributed by atoms with van der Waals surface area (Å²) >= 11 is 0. The normalized spacial score (nSPS) is 11.4. The lowest BCUT2D eigenvalue weighted by Crippen LogP contribution is -2.42. The Morgan fingerprint density at radius 3 is 2.45 bits per heavy atom. The number of aliphatic hydroxyl groups is 1. The maximum absolute atomic E-state index is 11.9. The molecule has 0 atom stereocenters. The van der Waals surface area contributed by atoms with Crippen molar-refractivity contribution in [3.63, 3.8) is 0 Å². The molecule has 0 heterocycles. The first-order valence-corrected chi connectivity index (χ1v) is 7.45. The highest BCUT2D eigenvalue weighted by Crippen LogP contribution is 2.14. The van der Waals surface area contributed by atoms with Crippen LogP contribution in [0.4, 0.5) is 0 Å². The molecule has 112 valence electrons. The first-order valence-electron chi connectivity index (χ1n) is 7.45. The minimum absolute atomic E-state index is 0.00491. The fraction of sp³-hybridized carbons (Fsp3) is 0.588. The van der Waals surface area contributed by atoms with Gasteiger partial charge in [0.25, 0.3) is 0 Å². The van der Waals surface area contributed by atoms with Crippen LogP contribution in [-0.2, 0) is 11.2 Å². The number of carbonyl (C=O) groups excluding carboxylic acids is 1. The third-order valence-electron chi connectivity index (χ3n) is 4.05. The Labute approximate surface area is 122 Å². The van der Waals surface area contributed by atoms with Crippen LogP contribution in [0.3, 0.4) is 0 Å². The average Bonchev–Trinajstić information content (AvgIpc) is 2.44. The van der Waals surface area contributed by atoms with Crippen molar-refractivity contribution in [1.29, 1.82) is 0 Å². The zero-order chi connectivity index (χ0) is 15.2. The maximum atomic E-state index is 11.9. The molecule has 1 amide bonds. The number of hydrogen-bond acceptors (Lipinski definition) is 2. The van der Waals surface area contributed by atoms with E-state index in [0.29, 0.717) is 25.8 Å². The molecule has 0 aliphatic heterocycles. The molecule has 0 radical (unpaired) electrons. The molecule has 0 bridgehead atoms. The van der Waals surface area contributed by atoms with Gasteiger partial charge in [-0.25, -0.2) is 0 Å². The van der Waals surface area contributed by atoms with Crippen molar-refractivity contribution >= 4 is 5.91 Å². The minimum atomic E-state index is -0.768. The van der Waals surface area contributed by atoms with Crippen molar-refractivity contribution in [2.45, 2.75) is 59.0 Å². The van der Waals surface area contributed by atoms with Crippen molar-refractivity contribution in [3.8, 4) is 0 Å². The van der Waals surface area contributed by atoms with Gasteiger partial charge in [-0.3, -0.25) is 4.79 Å². The average molecular weight is 277 g/mol. The number of amides is 1. The summed E-state index contributed by atoms with van der Waals surface area (Å²) in [5, 5.41) is 13.0. The SMILES string of the molecule is CCC(O)(CC)CNC(=O)CCc1ccc(C)cc1C. The molecule has 0 fully saturated rings. The van der Waals surface area contributed by atoms with Crippen LogP contribution in [0.5, 0.6) is 0 Å². The Balaban J connectivity index is 2.44. The molecule has 0 saturated carbocycles. The largest absolute Gasteiger partial charge is 0.388 e. The number of nitrogens with one attached hydrogen (secondary N) is 1. The molecule has 0 unspecified atom stereocenters. The van der Waals surface area contributed by atoms with Gasteiger partial charge in [0, 0.05) is 13.0 Å². The van der Waals surface area contributed by atoms with E-state index >= 15 is 0 Å². The van der Waals surface area contributed by atoms with Crippen LogP contribution in [0.2, 0.25) is 0 Å². The van der Waals surface area contributed by atoms with E-state index in [2.05, 4.69) is 37.4 Å². The van der Waals surface area contributed by atoms with Gasteiger partial charge in [-0.05, 0) is 44.2 Å². The fourth-order valence-corrected chi connectivity index (χ4v) is 2.23. The van der Waals surface area contributed by atoms with E-state index in [1.165, 1.54) is 16.7 Å². The Morgan fingerprint density at radius 1 is 1.25 bits per heavy atom. The highest BCUT2D eigenvalue weighted by molar-refractivity contribution is 5.76. The lowest BCUT2D eigenvalue weighted by atomic mass is 9.97. The summed E-state index contributed by atoms with van der Waals surface area (Å²) in [5.41, 5.74) is 2.92. The van der Waals surface area contributed by atoms with Crippen LogP contribution in [0.25, 0.3) is 0 Å². The van der Waals surface area contributed by atoms with Crippen molar-refractivity contribution in [2.75, 3.05) is 6.54 Å². The molecule has 1 rings (SSSR count). The summed E-state index contributed by atoms with van der Waals surface area (Å²) in [7, 11) is 0. The van der Waals surface area contributed by atoms with E-state index < -0.39 is 5.60 Å². The molecule has 3 nitrogen and oxygen atoms in total. The highest BCUT2D eigenvalue weighted by Gasteiger charge is 2.22. The van der Waals surface area contributed by atoms with Gasteiger partial charge >= 0.3 is 0 Å². The van der Waals surface area contributed by atoms with E-state index in [1.807, 2.05) is 13.8 Å². The van der Waals surface area contributed by atoms with E-state index in [1.54, 1.807) is 0 Å². The van der Waals surface area contributed by atoms with E-state index in [4.69, 9.17) is 0 Å². The zero-order valence-electron chi connectivity index (χ0n) is 13.1. The molecule has 0 saturated heterocycles. The van der Waals surface area contributed by atoms with Gasteiger partial charge in [-0.1, -0.05) is 37.6 Å². The lowest BCUT2D eigenvalue weighted by Gasteiger charge is -2.25. The maximum Gasteiger partial charge on any atom is 0.220 e. The second kappa shape index (κ2) is 7.44. The molecule has 0 aliphatic rings. The Morgan fingerprint density at radius 2 is 1.90 bits per heavy atom. The van der Waals surface area contributed by atoms with Gasteiger partial charge in [0.15, 0.2) is 0 Å². The van der Waals surface area contributed by atoms with Gasteiger partial charge in [-0.2, -0.15) is 0 Å². The molecule has 2 N–H and O–H groups in total. The number of aryl methyl sites for hydroxylation is 3. The molecular formula is C17H27NO2. The van der Waals surface area contributed by atoms with Crippen LogP contribution in [0.1, 0.15) is 49.8 Å². The highest BCUT2D eigenvalue weighted by atomic mass is 16.3. The summed E-state index contributed by atoms with van der Waals surface area (Å²) in [4.78, 5) is 11.9. The molecule has 3 heteroatoms. The monoisotopic (exact) mass is 277 g/mol. The molecule has 1 aromatic rings. The third-order valence-corrected chi connectivity index (χ3v) is 4.05. The number of carbonyl (C=O) groups is 1. The van der Waals surface area contributed by atoms with Gasteiger partial charge < -0.3 is 10.4 Å². The van der Waals surface area contributed by atoms with Crippen LogP contribution in [0, 0.1) is 13.8 Å². The lowest BCUT2D eigenvalue weighted by molar-refractivity contribution is -0.122. The summed E-state index contributed by atoms with van der Waals surface area (Å²) in [5.74, 6) is 0.00491. The van der Waals surface area contributed by atoms with E-state index in [0.717, 1.165) is 6.42 Å². The van der Waals surface area contributed by atoms with Crippen LogP contribution >= 0.6 is 0 Å². The molecule has 0 aliphatic carbocycles. The van der Waals surface area contributed by atoms with Crippen molar-refractivity contribution in [1.82, 2.24) is 5.32 Å². The third kappa shape index (κ3) is 4.97. The zero-order valence-corrected chi connectivity index (χ0v) is 13.1. The quantitative estimate of drug-likeness (QED) is 0.805. The predicted octanol–water partition coefficient (Wildman–Crippen LogP) is 2.90. The van der Waals surface area contributed by atoms with Gasteiger partial charge in [0.2, 0.25) is 5.91 Å². The molecule has 0 spiro atoms. The van der Waals surface area contributed by atoms with Crippen molar-refractivity contribution in [2.24, 2.45) is 0 Å². The van der Waals surface area contributed by atoms with Crippen LogP contribution in [0.15, 0.2) is 18.2 Å². The predicted molar refractivity (Wildman–Crippen MR) is 82.8 cm³/mol. The first kappa shape index (κ1) is 16.7. The number of hydrogen-bond donors (Lipinski definition) is 2. The van der Waals surface area contributed by atoms with Crippen LogP contribution < -0.4 is 5.32 Å². The number of rotatable bonds is 7. The standard InChI is InChI=1S/C17H27NO2/c1-5-17(20,6-2)12-18-16(19)10-9-15-8-7-13(3)11-14(15)4/h7-8,11,20H,5-6,9-10,12H2,1-4H3,(H,18,19). The van der Waals surface area contributed by atoms with Crippen LogP contribution in [-0.4, -0.2) is 23.2 Å². The molecule has 20 heavy (non-hydrogen) atoms. The second-order valence-corrected chi connectivity index (χ2v) is 5.64. The summed E-state index contributed by atoms with van der Waals surface area (Å²) in [6.07, 6.45) is 2.52. The first-order chi connectivity index (χ1) is 9.40. The van der Waals surface area contributed by atoms with Gasteiger partial charge in [0.05, 0.1) is 5.60 Å². The van der Waals surface area contributed by atoms with Crippen molar-refractivity contribution in [3.05, 3.63) is 34.9 Å². The topological polar surface area (TPSA) is 49.3 Å². The second-order valence-electron chi connectivity index (χ2n) is 5.64. The van der Waals surface area contributed by atoms with E-state index in [-0.39, 0.29) is 5.91 Å². The minimum Gasteiger partial charge on any atom is -0.388 e. The fourth-order valence-electron chi connectivity index (χ4n) is 2.23. The summed E-state index contributed by atoms with van der Waals surface area (Å²) in [6, 6.07) is 6.31. The molecular weight excluding hydrogens is 250 g/mol. The van der Waals surface area contributed by atoms with Gasteiger partial charge in [0.1, 0.15) is 0 Å². The molecule has 0 aromatic heterocycles. The summed E-state index contributed by atoms with van der Waals surface area (Å²) < 4.78 is 0. The summed E-state index contributed by atoms with van der Waals surface area (Å²) in [6.45, 7) is 8.36. The Kier molecular flexibility index (Phi) is 6.21. The van der Waals surface area contributed by atoms with Crippen molar-refractivity contribution < 1.29 is 9.90 Å². The van der Waals surface area contributed by atoms with E-state index in [9.17, 15) is 9.90 Å².